The van der Waals surface area contributed by atoms with Crippen molar-refractivity contribution in [2.45, 2.75) is 46.1 Å². The summed E-state index contributed by atoms with van der Waals surface area (Å²) < 4.78 is 2.01. The molecule has 0 spiro atoms. The van der Waals surface area contributed by atoms with Crippen molar-refractivity contribution in [1.82, 2.24) is 9.78 Å². The van der Waals surface area contributed by atoms with Gasteiger partial charge in [0.25, 0.3) is 0 Å². The van der Waals surface area contributed by atoms with Crippen LogP contribution in [-0.4, -0.2) is 15.7 Å². The van der Waals surface area contributed by atoms with Crippen LogP contribution in [0.1, 0.15) is 45.3 Å². The highest BCUT2D eigenvalue weighted by molar-refractivity contribution is 6.18. The molecule has 1 rings (SSSR count). The maximum atomic E-state index is 5.93. The molecule has 15 heavy (non-hydrogen) atoms. The standard InChI is InChI=1S/C12H21ClN2/c1-4-5-11(9-13)8-12-6-7-15(14-12)10(2)3/h6-7,10-11H,4-5,8-9H2,1-3H3. The van der Waals surface area contributed by atoms with Crippen LogP contribution < -0.4 is 0 Å². The summed E-state index contributed by atoms with van der Waals surface area (Å²) in [5, 5.41) is 4.54. The fourth-order valence-corrected chi connectivity index (χ4v) is 1.98. The van der Waals surface area contributed by atoms with E-state index in [1.54, 1.807) is 0 Å². The summed E-state index contributed by atoms with van der Waals surface area (Å²) in [7, 11) is 0. The Kier molecular flexibility index (Phi) is 5.16. The van der Waals surface area contributed by atoms with Crippen molar-refractivity contribution in [3.05, 3.63) is 18.0 Å². The number of halogens is 1. The fourth-order valence-electron chi connectivity index (χ4n) is 1.71. The molecule has 1 atom stereocenters. The molecule has 1 aromatic heterocycles. The van der Waals surface area contributed by atoms with Crippen LogP contribution in [-0.2, 0) is 6.42 Å². The van der Waals surface area contributed by atoms with E-state index in [1.807, 2.05) is 4.68 Å². The molecule has 0 radical (unpaired) electrons. The van der Waals surface area contributed by atoms with Crippen molar-refractivity contribution in [2.24, 2.45) is 5.92 Å². The van der Waals surface area contributed by atoms with E-state index in [2.05, 4.69) is 38.1 Å². The van der Waals surface area contributed by atoms with E-state index in [1.165, 1.54) is 18.5 Å². The van der Waals surface area contributed by atoms with E-state index in [9.17, 15) is 0 Å². The molecule has 3 heteroatoms. The summed E-state index contributed by atoms with van der Waals surface area (Å²) in [5.74, 6) is 1.31. The van der Waals surface area contributed by atoms with E-state index < -0.39 is 0 Å². The molecule has 0 saturated carbocycles. The molecule has 0 aliphatic carbocycles. The van der Waals surface area contributed by atoms with Crippen LogP contribution in [0.15, 0.2) is 12.3 Å². The zero-order chi connectivity index (χ0) is 11.3. The topological polar surface area (TPSA) is 17.8 Å². The summed E-state index contributed by atoms with van der Waals surface area (Å²) in [6.45, 7) is 6.48. The van der Waals surface area contributed by atoms with Gasteiger partial charge >= 0.3 is 0 Å². The molecule has 2 nitrogen and oxygen atoms in total. The van der Waals surface area contributed by atoms with Gasteiger partial charge in [0.15, 0.2) is 0 Å². The largest absolute Gasteiger partial charge is 0.270 e. The molecule has 0 fully saturated rings. The third-order valence-corrected chi connectivity index (χ3v) is 3.04. The Labute approximate surface area is 97.6 Å². The minimum atomic E-state index is 0.444. The summed E-state index contributed by atoms with van der Waals surface area (Å²) >= 11 is 5.93. The average Bonchev–Trinajstić information content (AvgIpc) is 2.65. The smallest absolute Gasteiger partial charge is 0.0627 e. The van der Waals surface area contributed by atoms with Gasteiger partial charge in [0, 0.05) is 18.1 Å². The molecule has 86 valence electrons. The van der Waals surface area contributed by atoms with Crippen LogP contribution in [0.5, 0.6) is 0 Å². The lowest BCUT2D eigenvalue weighted by Gasteiger charge is -2.10. The van der Waals surface area contributed by atoms with Gasteiger partial charge in [-0.15, -0.1) is 11.6 Å². The Morgan fingerprint density at radius 2 is 2.20 bits per heavy atom. The van der Waals surface area contributed by atoms with E-state index in [0.717, 1.165) is 12.3 Å². The third-order valence-electron chi connectivity index (χ3n) is 2.61. The lowest BCUT2D eigenvalue weighted by Crippen LogP contribution is -2.08. The third kappa shape index (κ3) is 3.86. The van der Waals surface area contributed by atoms with Gasteiger partial charge < -0.3 is 0 Å². The number of alkyl halides is 1. The second-order valence-corrected chi connectivity index (χ2v) is 4.70. The van der Waals surface area contributed by atoms with E-state index in [0.29, 0.717) is 12.0 Å². The number of aromatic nitrogens is 2. The minimum absolute atomic E-state index is 0.444. The second-order valence-electron chi connectivity index (χ2n) is 4.39. The number of hydrogen-bond acceptors (Lipinski definition) is 1. The predicted molar refractivity (Wildman–Crippen MR) is 65.4 cm³/mol. The van der Waals surface area contributed by atoms with Gasteiger partial charge in [0.05, 0.1) is 5.69 Å². The van der Waals surface area contributed by atoms with Crippen molar-refractivity contribution in [2.75, 3.05) is 5.88 Å². The molecule has 0 saturated heterocycles. The molecule has 1 unspecified atom stereocenters. The first-order chi connectivity index (χ1) is 7.17. The molecule has 1 aromatic rings. The van der Waals surface area contributed by atoms with Gasteiger partial charge in [-0.2, -0.15) is 5.10 Å². The van der Waals surface area contributed by atoms with Crippen LogP contribution in [0.4, 0.5) is 0 Å². The highest BCUT2D eigenvalue weighted by atomic mass is 35.5. The molecule has 0 aliphatic heterocycles. The molecule has 0 bridgehead atoms. The molecular weight excluding hydrogens is 208 g/mol. The van der Waals surface area contributed by atoms with Crippen molar-refractivity contribution < 1.29 is 0 Å². The lowest BCUT2D eigenvalue weighted by atomic mass is 10.0. The first-order valence-corrected chi connectivity index (χ1v) is 6.30. The Hall–Kier alpha value is -0.500. The lowest BCUT2D eigenvalue weighted by molar-refractivity contribution is 0.495. The Morgan fingerprint density at radius 3 is 2.67 bits per heavy atom. The number of hydrogen-bond donors (Lipinski definition) is 0. The monoisotopic (exact) mass is 228 g/mol. The average molecular weight is 229 g/mol. The molecular formula is C12H21ClN2. The Balaban J connectivity index is 2.55. The SMILES string of the molecule is CCCC(CCl)Cc1ccn(C(C)C)n1. The zero-order valence-electron chi connectivity index (χ0n) is 9.91. The molecule has 0 aliphatic rings. The van der Waals surface area contributed by atoms with Crippen LogP contribution in [0, 0.1) is 5.92 Å². The molecule has 0 amide bonds. The Bertz CT molecular complexity index is 281. The summed E-state index contributed by atoms with van der Waals surface area (Å²) in [6, 6.07) is 2.55. The first-order valence-electron chi connectivity index (χ1n) is 5.77. The number of nitrogens with zero attached hydrogens (tertiary/aromatic N) is 2. The van der Waals surface area contributed by atoms with Crippen LogP contribution in [0.25, 0.3) is 0 Å². The second kappa shape index (κ2) is 6.16. The van der Waals surface area contributed by atoms with Crippen LogP contribution in [0.2, 0.25) is 0 Å². The predicted octanol–water partition coefficient (Wildman–Crippen LogP) is 3.66. The van der Waals surface area contributed by atoms with E-state index >= 15 is 0 Å². The van der Waals surface area contributed by atoms with Crippen molar-refractivity contribution in [3.8, 4) is 0 Å². The molecule has 0 aromatic carbocycles. The van der Waals surface area contributed by atoms with E-state index in [-0.39, 0.29) is 0 Å². The van der Waals surface area contributed by atoms with Crippen LogP contribution in [0.3, 0.4) is 0 Å². The van der Waals surface area contributed by atoms with E-state index in [4.69, 9.17) is 11.6 Å². The maximum absolute atomic E-state index is 5.93. The fraction of sp³-hybridized carbons (Fsp3) is 0.750. The minimum Gasteiger partial charge on any atom is -0.270 e. The van der Waals surface area contributed by atoms with Gasteiger partial charge in [-0.05, 0) is 38.7 Å². The first kappa shape index (κ1) is 12.6. The molecule has 1 heterocycles. The summed E-state index contributed by atoms with van der Waals surface area (Å²) in [4.78, 5) is 0. The summed E-state index contributed by atoms with van der Waals surface area (Å²) in [5.41, 5.74) is 1.17. The van der Waals surface area contributed by atoms with Gasteiger partial charge in [-0.25, -0.2) is 0 Å². The van der Waals surface area contributed by atoms with Gasteiger partial charge in [-0.3, -0.25) is 4.68 Å². The Morgan fingerprint density at radius 1 is 1.47 bits per heavy atom. The normalized spacial score (nSPS) is 13.4. The zero-order valence-corrected chi connectivity index (χ0v) is 10.7. The van der Waals surface area contributed by atoms with Gasteiger partial charge in [-0.1, -0.05) is 13.3 Å². The molecule has 0 N–H and O–H groups in total. The van der Waals surface area contributed by atoms with Crippen LogP contribution >= 0.6 is 11.6 Å². The number of rotatable bonds is 6. The van der Waals surface area contributed by atoms with Crippen molar-refractivity contribution in [1.29, 1.82) is 0 Å². The van der Waals surface area contributed by atoms with Crippen molar-refractivity contribution in [3.63, 3.8) is 0 Å². The van der Waals surface area contributed by atoms with Gasteiger partial charge in [0.1, 0.15) is 0 Å². The van der Waals surface area contributed by atoms with Crippen molar-refractivity contribution >= 4 is 11.6 Å². The maximum Gasteiger partial charge on any atom is 0.0627 e. The quantitative estimate of drug-likeness (QED) is 0.680. The van der Waals surface area contributed by atoms with Gasteiger partial charge in [0.2, 0.25) is 0 Å². The highest BCUT2D eigenvalue weighted by Gasteiger charge is 2.10. The highest BCUT2D eigenvalue weighted by Crippen LogP contribution is 2.15. The summed E-state index contributed by atoms with van der Waals surface area (Å²) in [6.07, 6.45) is 5.45.